The molecule has 1 rings (SSSR count). The summed E-state index contributed by atoms with van der Waals surface area (Å²) in [5.41, 5.74) is 1.84. The van der Waals surface area contributed by atoms with Crippen LogP contribution in [0.25, 0.3) is 0 Å². The molecule has 5 heteroatoms. The minimum atomic E-state index is -0.176. The lowest BCUT2D eigenvalue weighted by Gasteiger charge is -2.22. The molecule has 0 aliphatic rings. The van der Waals surface area contributed by atoms with Crippen molar-refractivity contribution < 1.29 is 9.59 Å². The highest BCUT2D eigenvalue weighted by atomic mass is 16.2. The normalized spacial score (nSPS) is 10.4. The minimum Gasteiger partial charge on any atom is -0.332 e. The van der Waals surface area contributed by atoms with Crippen LogP contribution < -0.4 is 5.32 Å². The number of anilines is 1. The highest BCUT2D eigenvalue weighted by Gasteiger charge is 2.13. The van der Waals surface area contributed by atoms with Crippen molar-refractivity contribution in [1.29, 1.82) is 0 Å². The number of rotatable bonds is 6. The van der Waals surface area contributed by atoms with Gasteiger partial charge in [-0.05, 0) is 38.7 Å². The topological polar surface area (TPSA) is 52.7 Å². The molecule has 0 radical (unpaired) electrons. The van der Waals surface area contributed by atoms with Gasteiger partial charge < -0.3 is 15.1 Å². The Kier molecular flexibility index (Phi) is 6.18. The van der Waals surface area contributed by atoms with Crippen LogP contribution in [0.3, 0.4) is 0 Å². The molecule has 1 aromatic rings. The molecule has 5 nitrogen and oxygen atoms in total. The number of carbonyl (C=O) groups is 2. The summed E-state index contributed by atoms with van der Waals surface area (Å²) < 4.78 is 0. The average Bonchev–Trinajstić information content (AvgIpc) is 2.33. The molecule has 0 aliphatic carbocycles. The third-order valence-corrected chi connectivity index (χ3v) is 2.90. The van der Waals surface area contributed by atoms with Gasteiger partial charge in [0.05, 0.1) is 6.54 Å². The van der Waals surface area contributed by atoms with Crippen molar-refractivity contribution in [3.8, 4) is 0 Å². The zero-order valence-corrected chi connectivity index (χ0v) is 12.6. The van der Waals surface area contributed by atoms with E-state index < -0.39 is 0 Å². The molecule has 0 aliphatic heterocycles. The van der Waals surface area contributed by atoms with Gasteiger partial charge in [0.15, 0.2) is 0 Å². The van der Waals surface area contributed by atoms with Gasteiger partial charge in [-0.3, -0.25) is 9.59 Å². The van der Waals surface area contributed by atoms with Crippen LogP contribution in [0, 0.1) is 6.92 Å². The lowest BCUT2D eigenvalue weighted by atomic mass is 10.2. The first-order valence-corrected chi connectivity index (χ1v) is 6.65. The van der Waals surface area contributed by atoms with Crippen LogP contribution in [-0.4, -0.2) is 55.3 Å². The number of nitrogens with zero attached hydrogens (tertiary/aromatic N) is 2. The molecule has 20 heavy (non-hydrogen) atoms. The zero-order valence-electron chi connectivity index (χ0n) is 12.6. The Balaban J connectivity index is 2.55. The molecule has 1 aromatic carbocycles. The second-order valence-corrected chi connectivity index (χ2v) is 5.16. The highest BCUT2D eigenvalue weighted by Crippen LogP contribution is 2.09. The SMILES string of the molecule is CC(=O)N(CCN(C)C)CC(=O)Nc1cccc(C)c1. The van der Waals surface area contributed by atoms with E-state index in [1.165, 1.54) is 6.92 Å². The van der Waals surface area contributed by atoms with E-state index in [2.05, 4.69) is 5.32 Å². The van der Waals surface area contributed by atoms with E-state index in [0.717, 1.165) is 17.8 Å². The maximum absolute atomic E-state index is 12.0. The van der Waals surface area contributed by atoms with Crippen LogP contribution in [-0.2, 0) is 9.59 Å². The molecule has 0 unspecified atom stereocenters. The number of carbonyl (C=O) groups excluding carboxylic acids is 2. The molecule has 110 valence electrons. The summed E-state index contributed by atoms with van der Waals surface area (Å²) in [5, 5.41) is 2.81. The molecular weight excluding hydrogens is 254 g/mol. The number of hydrogen-bond donors (Lipinski definition) is 1. The van der Waals surface area contributed by atoms with E-state index >= 15 is 0 Å². The van der Waals surface area contributed by atoms with Gasteiger partial charge in [0, 0.05) is 25.7 Å². The molecule has 0 bridgehead atoms. The van der Waals surface area contributed by atoms with E-state index in [1.807, 2.05) is 50.2 Å². The maximum Gasteiger partial charge on any atom is 0.243 e. The second-order valence-electron chi connectivity index (χ2n) is 5.16. The van der Waals surface area contributed by atoms with E-state index in [0.29, 0.717) is 6.54 Å². The predicted octanol–water partition coefficient (Wildman–Crippen LogP) is 1.34. The molecular formula is C15H23N3O2. The van der Waals surface area contributed by atoms with Crippen molar-refractivity contribution in [1.82, 2.24) is 9.80 Å². The van der Waals surface area contributed by atoms with Crippen molar-refractivity contribution in [2.24, 2.45) is 0 Å². The highest BCUT2D eigenvalue weighted by molar-refractivity contribution is 5.94. The maximum atomic E-state index is 12.0. The number of benzene rings is 1. The van der Waals surface area contributed by atoms with Crippen LogP contribution in [0.5, 0.6) is 0 Å². The number of aryl methyl sites for hydroxylation is 1. The van der Waals surface area contributed by atoms with Crippen LogP contribution in [0.1, 0.15) is 12.5 Å². The quantitative estimate of drug-likeness (QED) is 0.854. The summed E-state index contributed by atoms with van der Waals surface area (Å²) >= 11 is 0. The lowest BCUT2D eigenvalue weighted by Crippen LogP contribution is -2.40. The molecule has 0 saturated carbocycles. The molecule has 0 heterocycles. The van der Waals surface area contributed by atoms with Gasteiger partial charge in [0.1, 0.15) is 0 Å². The van der Waals surface area contributed by atoms with Gasteiger partial charge in [-0.2, -0.15) is 0 Å². The summed E-state index contributed by atoms with van der Waals surface area (Å²) in [6.45, 7) is 4.81. The molecule has 0 spiro atoms. The van der Waals surface area contributed by atoms with Crippen molar-refractivity contribution in [3.05, 3.63) is 29.8 Å². The summed E-state index contributed by atoms with van der Waals surface area (Å²) in [6, 6.07) is 7.59. The van der Waals surface area contributed by atoms with Crippen molar-refractivity contribution in [2.45, 2.75) is 13.8 Å². The Morgan fingerprint density at radius 2 is 1.90 bits per heavy atom. The largest absolute Gasteiger partial charge is 0.332 e. The van der Waals surface area contributed by atoms with E-state index in [4.69, 9.17) is 0 Å². The average molecular weight is 277 g/mol. The Morgan fingerprint density at radius 3 is 2.45 bits per heavy atom. The molecule has 1 N–H and O–H groups in total. The van der Waals surface area contributed by atoms with Crippen LogP contribution in [0.4, 0.5) is 5.69 Å². The van der Waals surface area contributed by atoms with E-state index in [-0.39, 0.29) is 18.4 Å². The first-order chi connectivity index (χ1) is 9.38. The van der Waals surface area contributed by atoms with Gasteiger partial charge in [-0.15, -0.1) is 0 Å². The summed E-state index contributed by atoms with van der Waals surface area (Å²) in [7, 11) is 3.87. The molecule has 0 atom stereocenters. The fourth-order valence-corrected chi connectivity index (χ4v) is 1.77. The smallest absolute Gasteiger partial charge is 0.243 e. The number of likely N-dealkylation sites (N-methyl/N-ethyl adjacent to an activating group) is 1. The van der Waals surface area contributed by atoms with Gasteiger partial charge in [-0.25, -0.2) is 0 Å². The Bertz CT molecular complexity index is 472. The molecule has 2 amide bonds. The standard InChI is InChI=1S/C15H23N3O2/c1-12-6-5-7-14(10-12)16-15(20)11-18(13(2)19)9-8-17(3)4/h5-7,10H,8-9,11H2,1-4H3,(H,16,20). The summed E-state index contributed by atoms with van der Waals surface area (Å²) in [5.74, 6) is -0.268. The third-order valence-electron chi connectivity index (χ3n) is 2.90. The first-order valence-electron chi connectivity index (χ1n) is 6.65. The fraction of sp³-hybridized carbons (Fsp3) is 0.467. The zero-order chi connectivity index (χ0) is 15.1. The van der Waals surface area contributed by atoms with Crippen LogP contribution >= 0.6 is 0 Å². The van der Waals surface area contributed by atoms with E-state index in [1.54, 1.807) is 4.90 Å². The molecule has 0 fully saturated rings. The molecule has 0 saturated heterocycles. The first kappa shape index (κ1) is 16.2. The minimum absolute atomic E-state index is 0.0805. The van der Waals surface area contributed by atoms with Gasteiger partial charge >= 0.3 is 0 Å². The summed E-state index contributed by atoms with van der Waals surface area (Å²) in [6.07, 6.45) is 0. The van der Waals surface area contributed by atoms with Crippen LogP contribution in [0.2, 0.25) is 0 Å². The Hall–Kier alpha value is -1.88. The fourth-order valence-electron chi connectivity index (χ4n) is 1.77. The lowest BCUT2D eigenvalue weighted by molar-refractivity contribution is -0.132. The van der Waals surface area contributed by atoms with Gasteiger partial charge in [-0.1, -0.05) is 12.1 Å². The predicted molar refractivity (Wildman–Crippen MR) is 80.6 cm³/mol. The number of amides is 2. The molecule has 0 aromatic heterocycles. The number of hydrogen-bond acceptors (Lipinski definition) is 3. The van der Waals surface area contributed by atoms with Crippen molar-refractivity contribution in [2.75, 3.05) is 39.0 Å². The Labute approximate surface area is 120 Å². The second kappa shape index (κ2) is 7.65. The van der Waals surface area contributed by atoms with Crippen LogP contribution in [0.15, 0.2) is 24.3 Å². The van der Waals surface area contributed by atoms with Gasteiger partial charge in [0.25, 0.3) is 0 Å². The number of nitrogens with one attached hydrogen (secondary N) is 1. The summed E-state index contributed by atoms with van der Waals surface area (Å²) in [4.78, 5) is 27.0. The van der Waals surface area contributed by atoms with Crippen molar-refractivity contribution in [3.63, 3.8) is 0 Å². The third kappa shape index (κ3) is 5.84. The Morgan fingerprint density at radius 1 is 1.20 bits per heavy atom. The van der Waals surface area contributed by atoms with Gasteiger partial charge in [0.2, 0.25) is 11.8 Å². The van der Waals surface area contributed by atoms with Crippen molar-refractivity contribution >= 4 is 17.5 Å². The monoisotopic (exact) mass is 277 g/mol. The van der Waals surface area contributed by atoms with E-state index in [9.17, 15) is 9.59 Å².